The Hall–Kier alpha value is -1.81. The van der Waals surface area contributed by atoms with Gasteiger partial charge in [-0.1, -0.05) is 23.7 Å². The number of fused-ring (bicyclic) bond motifs is 1. The number of aliphatic carboxylic acids is 1. The summed E-state index contributed by atoms with van der Waals surface area (Å²) in [5.74, 6) is -0.277. The van der Waals surface area contributed by atoms with E-state index in [1.807, 2.05) is 18.2 Å². The van der Waals surface area contributed by atoms with Gasteiger partial charge < -0.3 is 10.0 Å². The molecule has 0 aliphatic rings. The van der Waals surface area contributed by atoms with Gasteiger partial charge in [-0.25, -0.2) is 4.98 Å². The van der Waals surface area contributed by atoms with E-state index < -0.39 is 5.97 Å². The molecule has 4 nitrogen and oxygen atoms in total. The van der Waals surface area contributed by atoms with Crippen molar-refractivity contribution in [2.24, 2.45) is 0 Å². The van der Waals surface area contributed by atoms with E-state index in [1.54, 1.807) is 24.2 Å². The third kappa shape index (κ3) is 2.31. The molecule has 2 rings (SSSR count). The minimum Gasteiger partial charge on any atom is -0.480 e. The summed E-state index contributed by atoms with van der Waals surface area (Å²) in [6.45, 7) is -0.0986. The molecule has 0 unspecified atom stereocenters. The van der Waals surface area contributed by atoms with Gasteiger partial charge in [-0.05, 0) is 12.1 Å². The number of carbonyl (C=O) groups is 1. The number of carboxylic acid groups (broad SMARTS) is 1. The molecule has 1 heterocycles. The lowest BCUT2D eigenvalue weighted by atomic mass is 10.1. The molecule has 1 aromatic heterocycles. The zero-order chi connectivity index (χ0) is 12.4. The van der Waals surface area contributed by atoms with Crippen LogP contribution in [-0.4, -0.2) is 29.7 Å². The highest BCUT2D eigenvalue weighted by molar-refractivity contribution is 6.35. The van der Waals surface area contributed by atoms with Gasteiger partial charge in [-0.15, -0.1) is 0 Å². The lowest BCUT2D eigenvalue weighted by Crippen LogP contribution is -2.26. The number of likely N-dealkylation sites (N-methyl/N-ethyl adjacent to an activating group) is 1. The summed E-state index contributed by atoms with van der Waals surface area (Å²) in [7, 11) is 1.69. The molecule has 0 atom stereocenters. The van der Waals surface area contributed by atoms with Gasteiger partial charge in [-0.2, -0.15) is 0 Å². The van der Waals surface area contributed by atoms with Crippen LogP contribution in [0.3, 0.4) is 0 Å². The largest absolute Gasteiger partial charge is 0.480 e. The van der Waals surface area contributed by atoms with Crippen molar-refractivity contribution >= 4 is 34.2 Å². The second kappa shape index (κ2) is 4.59. The minimum absolute atomic E-state index is 0.0986. The number of anilines is 1. The van der Waals surface area contributed by atoms with Crippen LogP contribution < -0.4 is 4.90 Å². The van der Waals surface area contributed by atoms with E-state index in [2.05, 4.69) is 4.98 Å². The van der Waals surface area contributed by atoms with Crippen LogP contribution in [0.1, 0.15) is 0 Å². The third-order valence-electron chi connectivity index (χ3n) is 2.47. The van der Waals surface area contributed by atoms with Gasteiger partial charge in [0.05, 0.1) is 0 Å². The van der Waals surface area contributed by atoms with E-state index in [9.17, 15) is 4.79 Å². The molecule has 1 aromatic carbocycles. The molecule has 0 radical (unpaired) electrons. The fourth-order valence-corrected chi connectivity index (χ4v) is 1.97. The summed E-state index contributed by atoms with van der Waals surface area (Å²) < 4.78 is 0. The van der Waals surface area contributed by atoms with Crippen molar-refractivity contribution in [2.45, 2.75) is 0 Å². The Bertz CT molecular complexity index is 571. The molecular formula is C12H11ClN2O2. The molecule has 0 bridgehead atoms. The predicted molar refractivity (Wildman–Crippen MR) is 67.7 cm³/mol. The molecule has 0 saturated carbocycles. The first-order valence-corrected chi connectivity index (χ1v) is 5.43. The van der Waals surface area contributed by atoms with Crippen molar-refractivity contribution in [1.82, 2.24) is 4.98 Å². The molecule has 0 aliphatic heterocycles. The zero-order valence-corrected chi connectivity index (χ0v) is 9.98. The van der Waals surface area contributed by atoms with E-state index in [0.29, 0.717) is 10.8 Å². The number of aromatic nitrogens is 1. The fourth-order valence-electron chi connectivity index (χ4n) is 1.74. The maximum absolute atomic E-state index is 10.7. The molecule has 0 amide bonds. The topological polar surface area (TPSA) is 53.4 Å². The van der Waals surface area contributed by atoms with Gasteiger partial charge in [0.25, 0.3) is 0 Å². The summed E-state index contributed by atoms with van der Waals surface area (Å²) in [4.78, 5) is 16.5. The standard InChI is InChI=1S/C12H11ClN2O2/c1-15(7-11(16)17)12-9-3-2-4-10(13)8(9)5-6-14-12/h2-6H,7H2,1H3,(H,16,17). The Morgan fingerprint density at radius 2 is 2.18 bits per heavy atom. The summed E-state index contributed by atoms with van der Waals surface area (Å²) in [6.07, 6.45) is 1.63. The highest BCUT2D eigenvalue weighted by atomic mass is 35.5. The van der Waals surface area contributed by atoms with E-state index in [1.165, 1.54) is 0 Å². The van der Waals surface area contributed by atoms with Crippen LogP contribution in [0.2, 0.25) is 5.02 Å². The van der Waals surface area contributed by atoms with Crippen molar-refractivity contribution in [3.63, 3.8) is 0 Å². The lowest BCUT2D eigenvalue weighted by Gasteiger charge is -2.17. The molecule has 2 aromatic rings. The average molecular weight is 251 g/mol. The Morgan fingerprint density at radius 3 is 2.88 bits per heavy atom. The number of benzene rings is 1. The molecule has 17 heavy (non-hydrogen) atoms. The lowest BCUT2D eigenvalue weighted by molar-refractivity contribution is -0.135. The third-order valence-corrected chi connectivity index (χ3v) is 2.80. The Labute approximate surface area is 103 Å². The van der Waals surface area contributed by atoms with Gasteiger partial charge in [0.15, 0.2) is 0 Å². The monoisotopic (exact) mass is 250 g/mol. The van der Waals surface area contributed by atoms with E-state index >= 15 is 0 Å². The van der Waals surface area contributed by atoms with Crippen molar-refractivity contribution in [1.29, 1.82) is 0 Å². The van der Waals surface area contributed by atoms with Gasteiger partial charge in [0.2, 0.25) is 0 Å². The molecule has 0 spiro atoms. The molecule has 0 aliphatic carbocycles. The van der Waals surface area contributed by atoms with Crippen LogP contribution in [0.5, 0.6) is 0 Å². The van der Waals surface area contributed by atoms with Gasteiger partial charge >= 0.3 is 5.97 Å². The highest BCUT2D eigenvalue weighted by Crippen LogP contribution is 2.28. The first-order chi connectivity index (χ1) is 8.09. The number of hydrogen-bond acceptors (Lipinski definition) is 3. The first-order valence-electron chi connectivity index (χ1n) is 5.06. The second-order valence-corrected chi connectivity index (χ2v) is 4.13. The number of halogens is 1. The van der Waals surface area contributed by atoms with Crippen molar-refractivity contribution in [3.8, 4) is 0 Å². The average Bonchev–Trinajstić information content (AvgIpc) is 2.28. The van der Waals surface area contributed by atoms with Crippen molar-refractivity contribution < 1.29 is 9.90 Å². The summed E-state index contributed by atoms with van der Waals surface area (Å²) in [5, 5.41) is 11.1. The van der Waals surface area contributed by atoms with Crippen LogP contribution in [-0.2, 0) is 4.79 Å². The van der Waals surface area contributed by atoms with E-state index in [0.717, 1.165) is 10.8 Å². The quantitative estimate of drug-likeness (QED) is 0.909. The first kappa shape index (κ1) is 11.7. The van der Waals surface area contributed by atoms with E-state index in [4.69, 9.17) is 16.7 Å². The predicted octanol–water partition coefficient (Wildman–Crippen LogP) is 2.41. The van der Waals surface area contributed by atoms with Gasteiger partial charge in [0, 0.05) is 29.0 Å². The molecule has 0 saturated heterocycles. The van der Waals surface area contributed by atoms with Crippen LogP contribution in [0.4, 0.5) is 5.82 Å². The maximum atomic E-state index is 10.7. The molecule has 1 N–H and O–H groups in total. The summed E-state index contributed by atoms with van der Waals surface area (Å²) >= 11 is 6.08. The van der Waals surface area contributed by atoms with Gasteiger partial charge in [-0.3, -0.25) is 4.79 Å². The van der Waals surface area contributed by atoms with Crippen LogP contribution in [0.25, 0.3) is 10.8 Å². The van der Waals surface area contributed by atoms with Crippen LogP contribution >= 0.6 is 11.6 Å². The number of hydrogen-bond donors (Lipinski definition) is 1. The second-order valence-electron chi connectivity index (χ2n) is 3.72. The molecular weight excluding hydrogens is 240 g/mol. The van der Waals surface area contributed by atoms with Gasteiger partial charge in [0.1, 0.15) is 12.4 Å². The molecule has 88 valence electrons. The van der Waals surface area contributed by atoms with Crippen LogP contribution in [0, 0.1) is 0 Å². The van der Waals surface area contributed by atoms with Crippen molar-refractivity contribution in [2.75, 3.05) is 18.5 Å². The van der Waals surface area contributed by atoms with E-state index in [-0.39, 0.29) is 6.54 Å². The number of carboxylic acids is 1. The number of rotatable bonds is 3. The SMILES string of the molecule is CN(CC(=O)O)c1nccc2c(Cl)cccc12. The highest BCUT2D eigenvalue weighted by Gasteiger charge is 2.11. The van der Waals surface area contributed by atoms with Crippen molar-refractivity contribution in [3.05, 3.63) is 35.5 Å². The number of pyridine rings is 1. The number of nitrogens with zero attached hydrogens (tertiary/aromatic N) is 2. The Morgan fingerprint density at radius 1 is 1.41 bits per heavy atom. The minimum atomic E-state index is -0.895. The molecule has 0 fully saturated rings. The van der Waals surface area contributed by atoms with Crippen LogP contribution in [0.15, 0.2) is 30.5 Å². The summed E-state index contributed by atoms with van der Waals surface area (Å²) in [5.41, 5.74) is 0. The maximum Gasteiger partial charge on any atom is 0.323 e. The molecule has 5 heteroatoms. The normalized spacial score (nSPS) is 10.5. The Balaban J connectivity index is 2.54. The Kier molecular flexibility index (Phi) is 3.15. The summed E-state index contributed by atoms with van der Waals surface area (Å²) in [6, 6.07) is 7.31. The fraction of sp³-hybridized carbons (Fsp3) is 0.167. The smallest absolute Gasteiger partial charge is 0.323 e. The zero-order valence-electron chi connectivity index (χ0n) is 9.22.